The topological polar surface area (TPSA) is 53.2 Å². The van der Waals surface area contributed by atoms with Crippen LogP contribution in [0.25, 0.3) is 6.08 Å². The average molecular weight is 307 g/mol. The predicted octanol–water partition coefficient (Wildman–Crippen LogP) is 2.28. The number of nitrogens with one attached hydrogen (secondary N) is 3. The summed E-state index contributed by atoms with van der Waals surface area (Å²) >= 11 is 5.10. The number of benzene rings is 1. The van der Waals surface area contributed by atoms with E-state index in [1.165, 1.54) is 31.1 Å². The third kappa shape index (κ3) is 5.51. The van der Waals surface area contributed by atoms with Crippen LogP contribution in [0.3, 0.4) is 0 Å². The van der Waals surface area contributed by atoms with Crippen molar-refractivity contribution in [2.24, 2.45) is 0 Å². The van der Waals surface area contributed by atoms with Gasteiger partial charge in [0.1, 0.15) is 5.82 Å². The molecule has 1 fully saturated rings. The van der Waals surface area contributed by atoms with Gasteiger partial charge < -0.3 is 5.32 Å². The molecule has 1 aliphatic carbocycles. The van der Waals surface area contributed by atoms with Crippen molar-refractivity contribution < 1.29 is 9.18 Å². The van der Waals surface area contributed by atoms with Gasteiger partial charge in [-0.1, -0.05) is 25.0 Å². The van der Waals surface area contributed by atoms with E-state index >= 15 is 0 Å². The van der Waals surface area contributed by atoms with Crippen LogP contribution in [0.5, 0.6) is 0 Å². The van der Waals surface area contributed by atoms with Gasteiger partial charge in [0, 0.05) is 12.1 Å². The Bertz CT molecular complexity index is 524. The summed E-state index contributed by atoms with van der Waals surface area (Å²) in [6.45, 7) is 0. The zero-order valence-corrected chi connectivity index (χ0v) is 12.4. The molecule has 1 aromatic rings. The Balaban J connectivity index is 1.71. The van der Waals surface area contributed by atoms with E-state index in [4.69, 9.17) is 12.2 Å². The number of thiocarbonyl (C=S) groups is 1. The average Bonchev–Trinajstić information content (AvgIpc) is 2.97. The maximum atomic E-state index is 12.7. The van der Waals surface area contributed by atoms with Gasteiger partial charge in [-0.25, -0.2) is 4.39 Å². The number of carbonyl (C=O) groups excluding carboxylic acids is 1. The smallest absolute Gasteiger partial charge is 0.262 e. The molecule has 21 heavy (non-hydrogen) atoms. The van der Waals surface area contributed by atoms with Gasteiger partial charge in [0.25, 0.3) is 5.91 Å². The molecule has 4 nitrogen and oxygen atoms in total. The SMILES string of the molecule is O=C(/C=C/c1ccc(F)cc1)NNC(=S)NC1CCCC1. The second-order valence-electron chi connectivity index (χ2n) is 4.95. The Morgan fingerprint density at radius 2 is 1.86 bits per heavy atom. The highest BCUT2D eigenvalue weighted by atomic mass is 32.1. The minimum Gasteiger partial charge on any atom is -0.359 e. The largest absolute Gasteiger partial charge is 0.359 e. The van der Waals surface area contributed by atoms with Crippen LogP contribution in [0.1, 0.15) is 31.2 Å². The molecular formula is C15H18FN3OS. The monoisotopic (exact) mass is 307 g/mol. The molecule has 1 aliphatic rings. The highest BCUT2D eigenvalue weighted by molar-refractivity contribution is 7.80. The normalized spacial score (nSPS) is 15.1. The standard InChI is InChI=1S/C15H18FN3OS/c16-12-8-5-11(6-9-12)7-10-14(20)18-19-15(21)17-13-3-1-2-4-13/h5-10,13H,1-4H2,(H,18,20)(H2,17,19,21)/b10-7+. The first-order chi connectivity index (χ1) is 10.1. The maximum Gasteiger partial charge on any atom is 0.262 e. The van der Waals surface area contributed by atoms with Crippen molar-refractivity contribution in [2.45, 2.75) is 31.7 Å². The second-order valence-corrected chi connectivity index (χ2v) is 5.36. The Labute approximate surface area is 128 Å². The molecule has 0 heterocycles. The first kappa shape index (κ1) is 15.4. The molecule has 0 atom stereocenters. The molecule has 1 amide bonds. The lowest BCUT2D eigenvalue weighted by atomic mass is 10.2. The Kier molecular flexibility index (Phi) is 5.68. The van der Waals surface area contributed by atoms with Crippen molar-refractivity contribution >= 4 is 29.3 Å². The van der Waals surface area contributed by atoms with E-state index in [-0.39, 0.29) is 11.7 Å². The quantitative estimate of drug-likeness (QED) is 0.455. The number of halogens is 1. The molecule has 3 N–H and O–H groups in total. The lowest BCUT2D eigenvalue weighted by Crippen LogP contribution is -2.48. The number of hydrogen-bond donors (Lipinski definition) is 3. The molecule has 0 saturated heterocycles. The van der Waals surface area contributed by atoms with Gasteiger partial charge in [0.15, 0.2) is 5.11 Å². The Morgan fingerprint density at radius 3 is 2.52 bits per heavy atom. The summed E-state index contributed by atoms with van der Waals surface area (Å²) in [6.07, 6.45) is 7.61. The minimum absolute atomic E-state index is 0.304. The zero-order chi connectivity index (χ0) is 15.1. The highest BCUT2D eigenvalue weighted by Crippen LogP contribution is 2.17. The Morgan fingerprint density at radius 1 is 1.19 bits per heavy atom. The van der Waals surface area contributed by atoms with Crippen LogP contribution < -0.4 is 16.2 Å². The van der Waals surface area contributed by atoms with Crippen molar-refractivity contribution in [2.75, 3.05) is 0 Å². The molecule has 0 aromatic heterocycles. The van der Waals surface area contributed by atoms with Gasteiger partial charge in [-0.05, 0) is 48.8 Å². The fraction of sp³-hybridized carbons (Fsp3) is 0.333. The van der Waals surface area contributed by atoms with Crippen molar-refractivity contribution in [3.8, 4) is 0 Å². The van der Waals surface area contributed by atoms with Gasteiger partial charge in [-0.15, -0.1) is 0 Å². The molecule has 1 saturated carbocycles. The summed E-state index contributed by atoms with van der Waals surface area (Å²) in [7, 11) is 0. The zero-order valence-electron chi connectivity index (χ0n) is 11.6. The summed E-state index contributed by atoms with van der Waals surface area (Å²) in [5, 5.41) is 3.58. The van der Waals surface area contributed by atoms with Crippen molar-refractivity contribution in [3.63, 3.8) is 0 Å². The molecule has 0 bridgehead atoms. The molecule has 6 heteroatoms. The fourth-order valence-corrected chi connectivity index (χ4v) is 2.42. The van der Waals surface area contributed by atoms with Crippen molar-refractivity contribution in [3.05, 3.63) is 41.7 Å². The first-order valence-electron chi connectivity index (χ1n) is 6.93. The van der Waals surface area contributed by atoms with E-state index in [1.807, 2.05) is 0 Å². The van der Waals surface area contributed by atoms with Gasteiger partial charge in [-0.3, -0.25) is 15.6 Å². The summed E-state index contributed by atoms with van der Waals surface area (Å²) in [5.41, 5.74) is 5.90. The third-order valence-corrected chi connectivity index (χ3v) is 3.51. The molecule has 0 radical (unpaired) electrons. The summed E-state index contributed by atoms with van der Waals surface area (Å²) in [4.78, 5) is 11.6. The number of amides is 1. The minimum atomic E-state index is -0.324. The number of carbonyl (C=O) groups is 1. The van der Waals surface area contributed by atoms with Crippen LogP contribution in [0.15, 0.2) is 30.3 Å². The summed E-state index contributed by atoms with van der Waals surface area (Å²) in [5.74, 6) is -0.628. The van der Waals surface area contributed by atoms with Gasteiger partial charge in [0.05, 0.1) is 0 Å². The van der Waals surface area contributed by atoms with E-state index in [0.717, 1.165) is 18.4 Å². The first-order valence-corrected chi connectivity index (χ1v) is 7.34. The summed E-state index contributed by atoms with van der Waals surface area (Å²) in [6, 6.07) is 6.28. The molecule has 2 rings (SSSR count). The molecule has 0 spiro atoms. The van der Waals surface area contributed by atoms with E-state index in [1.54, 1.807) is 18.2 Å². The highest BCUT2D eigenvalue weighted by Gasteiger charge is 2.15. The van der Waals surface area contributed by atoms with Crippen molar-refractivity contribution in [1.82, 2.24) is 16.2 Å². The lowest BCUT2D eigenvalue weighted by Gasteiger charge is -2.15. The Hall–Kier alpha value is -1.95. The van der Waals surface area contributed by atoms with Crippen molar-refractivity contribution in [1.29, 1.82) is 0 Å². The van der Waals surface area contributed by atoms with Crippen LogP contribution in [0.4, 0.5) is 4.39 Å². The number of hydrogen-bond acceptors (Lipinski definition) is 2. The maximum absolute atomic E-state index is 12.7. The van der Waals surface area contributed by atoms with Gasteiger partial charge >= 0.3 is 0 Å². The van der Waals surface area contributed by atoms with Crippen LogP contribution in [0, 0.1) is 5.82 Å². The fourth-order valence-electron chi connectivity index (χ4n) is 2.20. The van der Waals surface area contributed by atoms with Crippen LogP contribution in [-0.4, -0.2) is 17.1 Å². The molecule has 112 valence electrons. The second kappa shape index (κ2) is 7.73. The molecule has 1 aromatic carbocycles. The predicted molar refractivity (Wildman–Crippen MR) is 84.7 cm³/mol. The third-order valence-electron chi connectivity index (χ3n) is 3.29. The van der Waals surface area contributed by atoms with E-state index in [0.29, 0.717) is 11.2 Å². The van der Waals surface area contributed by atoms with Gasteiger partial charge in [0.2, 0.25) is 0 Å². The molecule has 0 aliphatic heterocycles. The number of hydrazine groups is 1. The van der Waals surface area contributed by atoms with E-state index in [9.17, 15) is 9.18 Å². The number of rotatable bonds is 3. The van der Waals surface area contributed by atoms with Crippen LogP contribution >= 0.6 is 12.2 Å². The summed E-state index contributed by atoms with van der Waals surface area (Å²) < 4.78 is 12.7. The van der Waals surface area contributed by atoms with E-state index in [2.05, 4.69) is 16.2 Å². The lowest BCUT2D eigenvalue weighted by molar-refractivity contribution is -0.116. The van der Waals surface area contributed by atoms with Crippen LogP contribution in [0.2, 0.25) is 0 Å². The van der Waals surface area contributed by atoms with Gasteiger partial charge in [-0.2, -0.15) is 0 Å². The molecular weight excluding hydrogens is 289 g/mol. The van der Waals surface area contributed by atoms with E-state index < -0.39 is 0 Å². The molecule has 0 unspecified atom stereocenters. The van der Waals surface area contributed by atoms with Crippen LogP contribution in [-0.2, 0) is 4.79 Å².